The summed E-state index contributed by atoms with van der Waals surface area (Å²) in [6, 6.07) is 4.26. The molecule has 1 aromatic rings. The first-order valence-corrected chi connectivity index (χ1v) is 5.78. The maximum atomic E-state index is 8.94. The van der Waals surface area contributed by atoms with E-state index in [-0.39, 0.29) is 0 Å². The lowest BCUT2D eigenvalue weighted by molar-refractivity contribution is 0.358. The third-order valence-electron chi connectivity index (χ3n) is 3.12. The van der Waals surface area contributed by atoms with Gasteiger partial charge < -0.3 is 5.32 Å². The van der Waals surface area contributed by atoms with Gasteiger partial charge in [-0.05, 0) is 24.8 Å². The summed E-state index contributed by atoms with van der Waals surface area (Å²) >= 11 is 0. The van der Waals surface area contributed by atoms with Gasteiger partial charge in [-0.25, -0.2) is 0 Å². The van der Waals surface area contributed by atoms with Crippen molar-refractivity contribution in [2.45, 2.75) is 38.6 Å². The zero-order valence-electron chi connectivity index (χ0n) is 9.48. The molecule has 0 saturated heterocycles. The standard InChI is InChI=1S/C12H16N4/c1-9-3-2-4-11(7-9)15-12-10(8-13)5-6-14-16-12/h5-6,9,11H,2-4,7H2,1H3,(H,15,16). The molecule has 1 aliphatic rings. The number of hydrogen-bond acceptors (Lipinski definition) is 4. The van der Waals surface area contributed by atoms with Crippen molar-refractivity contribution >= 4 is 5.82 Å². The number of anilines is 1. The van der Waals surface area contributed by atoms with E-state index in [1.165, 1.54) is 12.8 Å². The van der Waals surface area contributed by atoms with Crippen molar-refractivity contribution in [1.82, 2.24) is 10.2 Å². The van der Waals surface area contributed by atoms with Gasteiger partial charge in [-0.2, -0.15) is 10.4 Å². The monoisotopic (exact) mass is 216 g/mol. The highest BCUT2D eigenvalue weighted by Crippen LogP contribution is 2.26. The molecule has 4 nitrogen and oxygen atoms in total. The second-order valence-corrected chi connectivity index (χ2v) is 4.52. The fraction of sp³-hybridized carbons (Fsp3) is 0.583. The Hall–Kier alpha value is -1.63. The molecule has 0 aliphatic heterocycles. The molecular weight excluding hydrogens is 200 g/mol. The van der Waals surface area contributed by atoms with Gasteiger partial charge in [0.2, 0.25) is 0 Å². The maximum absolute atomic E-state index is 8.94. The molecule has 84 valence electrons. The first kappa shape index (κ1) is 10.9. The minimum absolute atomic E-state index is 0.438. The van der Waals surface area contributed by atoms with Crippen LogP contribution in [0.1, 0.15) is 38.2 Å². The van der Waals surface area contributed by atoms with Crippen LogP contribution in [0.2, 0.25) is 0 Å². The van der Waals surface area contributed by atoms with Crippen molar-refractivity contribution in [2.75, 3.05) is 5.32 Å². The van der Waals surface area contributed by atoms with Gasteiger partial charge in [0.1, 0.15) is 6.07 Å². The Morgan fingerprint density at radius 3 is 3.12 bits per heavy atom. The molecule has 0 bridgehead atoms. The molecule has 4 heteroatoms. The molecule has 2 rings (SSSR count). The van der Waals surface area contributed by atoms with Gasteiger partial charge in [0.05, 0.1) is 11.8 Å². The van der Waals surface area contributed by atoms with Gasteiger partial charge in [0.25, 0.3) is 0 Å². The Morgan fingerprint density at radius 1 is 1.50 bits per heavy atom. The van der Waals surface area contributed by atoms with Crippen molar-refractivity contribution < 1.29 is 0 Å². The molecule has 1 aromatic heterocycles. The lowest BCUT2D eigenvalue weighted by Gasteiger charge is -2.27. The average Bonchev–Trinajstić information content (AvgIpc) is 2.30. The normalized spacial score (nSPS) is 24.8. The number of hydrogen-bond donors (Lipinski definition) is 1. The Balaban J connectivity index is 2.06. The van der Waals surface area contributed by atoms with Crippen LogP contribution >= 0.6 is 0 Å². The Kier molecular flexibility index (Phi) is 3.35. The van der Waals surface area contributed by atoms with E-state index in [0.717, 1.165) is 18.8 Å². The lowest BCUT2D eigenvalue weighted by atomic mass is 9.87. The van der Waals surface area contributed by atoms with Gasteiger partial charge in [-0.1, -0.05) is 19.8 Å². The summed E-state index contributed by atoms with van der Waals surface area (Å²) in [5.74, 6) is 1.39. The van der Waals surface area contributed by atoms with E-state index < -0.39 is 0 Å². The number of nitriles is 1. The molecular formula is C12H16N4. The SMILES string of the molecule is CC1CCCC(Nc2nnccc2C#N)C1. The van der Waals surface area contributed by atoms with E-state index in [9.17, 15) is 0 Å². The van der Waals surface area contributed by atoms with E-state index in [1.807, 2.05) is 0 Å². The molecule has 1 aliphatic carbocycles. The summed E-state index contributed by atoms with van der Waals surface area (Å²) < 4.78 is 0. The van der Waals surface area contributed by atoms with E-state index in [4.69, 9.17) is 5.26 Å². The van der Waals surface area contributed by atoms with Gasteiger partial charge in [-0.3, -0.25) is 0 Å². The van der Waals surface area contributed by atoms with Gasteiger partial charge >= 0.3 is 0 Å². The highest BCUT2D eigenvalue weighted by Gasteiger charge is 2.19. The number of nitrogens with zero attached hydrogens (tertiary/aromatic N) is 3. The van der Waals surface area contributed by atoms with Crippen LogP contribution in [0.3, 0.4) is 0 Å². The summed E-state index contributed by atoms with van der Waals surface area (Å²) in [7, 11) is 0. The van der Waals surface area contributed by atoms with Crippen LogP contribution in [0.5, 0.6) is 0 Å². The van der Waals surface area contributed by atoms with Crippen molar-refractivity contribution in [3.05, 3.63) is 17.8 Å². The fourth-order valence-corrected chi connectivity index (χ4v) is 2.29. The summed E-state index contributed by atoms with van der Waals surface area (Å²) in [6.45, 7) is 2.27. The Bertz CT molecular complexity index is 396. The van der Waals surface area contributed by atoms with E-state index in [2.05, 4.69) is 28.5 Å². The van der Waals surface area contributed by atoms with Crippen molar-refractivity contribution in [3.63, 3.8) is 0 Å². The van der Waals surface area contributed by atoms with Crippen LogP contribution in [0.4, 0.5) is 5.82 Å². The minimum Gasteiger partial charge on any atom is -0.365 e. The van der Waals surface area contributed by atoms with Crippen molar-refractivity contribution in [2.24, 2.45) is 5.92 Å². The molecule has 1 fully saturated rings. The summed E-state index contributed by atoms with van der Waals surface area (Å²) in [6.07, 6.45) is 6.42. The zero-order valence-corrected chi connectivity index (χ0v) is 9.48. The topological polar surface area (TPSA) is 61.6 Å². The highest BCUT2D eigenvalue weighted by molar-refractivity contribution is 5.50. The summed E-state index contributed by atoms with van der Waals surface area (Å²) in [5, 5.41) is 20.1. The van der Waals surface area contributed by atoms with Crippen LogP contribution in [-0.4, -0.2) is 16.2 Å². The molecule has 2 atom stereocenters. The number of rotatable bonds is 2. The quantitative estimate of drug-likeness (QED) is 0.824. The minimum atomic E-state index is 0.438. The molecule has 1 heterocycles. The van der Waals surface area contributed by atoms with E-state index in [0.29, 0.717) is 17.4 Å². The largest absolute Gasteiger partial charge is 0.365 e. The molecule has 1 saturated carbocycles. The Morgan fingerprint density at radius 2 is 2.38 bits per heavy atom. The lowest BCUT2D eigenvalue weighted by Crippen LogP contribution is -2.27. The predicted octanol–water partition coefficient (Wildman–Crippen LogP) is 2.34. The third-order valence-corrected chi connectivity index (χ3v) is 3.12. The van der Waals surface area contributed by atoms with E-state index >= 15 is 0 Å². The molecule has 0 radical (unpaired) electrons. The van der Waals surface area contributed by atoms with Crippen LogP contribution in [0, 0.1) is 17.2 Å². The average molecular weight is 216 g/mol. The van der Waals surface area contributed by atoms with Crippen molar-refractivity contribution in [3.8, 4) is 6.07 Å². The van der Waals surface area contributed by atoms with E-state index in [1.54, 1.807) is 12.3 Å². The second kappa shape index (κ2) is 4.93. The molecule has 0 amide bonds. The molecule has 1 N–H and O–H groups in total. The van der Waals surface area contributed by atoms with Crippen LogP contribution in [-0.2, 0) is 0 Å². The molecule has 16 heavy (non-hydrogen) atoms. The Labute approximate surface area is 95.7 Å². The molecule has 0 spiro atoms. The predicted molar refractivity (Wildman–Crippen MR) is 61.8 cm³/mol. The fourth-order valence-electron chi connectivity index (χ4n) is 2.29. The second-order valence-electron chi connectivity index (χ2n) is 4.52. The number of aromatic nitrogens is 2. The first-order chi connectivity index (χ1) is 7.79. The van der Waals surface area contributed by atoms with Gasteiger partial charge in [0, 0.05) is 6.04 Å². The molecule has 2 unspecified atom stereocenters. The molecule has 0 aromatic carbocycles. The van der Waals surface area contributed by atoms with Crippen LogP contribution in [0.15, 0.2) is 12.3 Å². The smallest absolute Gasteiger partial charge is 0.166 e. The summed E-state index contributed by atoms with van der Waals surface area (Å²) in [4.78, 5) is 0. The maximum Gasteiger partial charge on any atom is 0.166 e. The number of nitrogens with one attached hydrogen (secondary N) is 1. The van der Waals surface area contributed by atoms with Gasteiger partial charge in [-0.15, -0.1) is 5.10 Å². The van der Waals surface area contributed by atoms with Crippen LogP contribution < -0.4 is 5.32 Å². The first-order valence-electron chi connectivity index (χ1n) is 5.78. The third kappa shape index (κ3) is 2.48. The summed E-state index contributed by atoms with van der Waals surface area (Å²) in [5.41, 5.74) is 0.577. The zero-order chi connectivity index (χ0) is 11.4. The van der Waals surface area contributed by atoms with Gasteiger partial charge in [0.15, 0.2) is 5.82 Å². The van der Waals surface area contributed by atoms with Crippen LogP contribution in [0.25, 0.3) is 0 Å². The van der Waals surface area contributed by atoms with Crippen molar-refractivity contribution in [1.29, 1.82) is 5.26 Å². The highest BCUT2D eigenvalue weighted by atomic mass is 15.2.